The molecule has 0 radical (unpaired) electrons. The zero-order valence-corrected chi connectivity index (χ0v) is 24.5. The highest BCUT2D eigenvalue weighted by atomic mass is 16.5. The summed E-state index contributed by atoms with van der Waals surface area (Å²) in [5.74, 6) is 1.81. The smallest absolute Gasteiger partial charge is 0.206 e. The van der Waals surface area contributed by atoms with Crippen molar-refractivity contribution < 1.29 is 46.8 Å². The standard InChI is InChI=1S/C32H30O10/c1-15-13-22(42-30-24(18(4)34)26(36-6)20-10-12-40-28(20)32(30)38-8)16(2)14-21(15)41-29-23(17(3)33)25(35-5)19-9-11-39-27(19)31(29)37-7/h9-14H,1-8H3. The summed E-state index contributed by atoms with van der Waals surface area (Å²) in [5, 5.41) is 1.17. The van der Waals surface area contributed by atoms with Gasteiger partial charge in [0.25, 0.3) is 0 Å². The van der Waals surface area contributed by atoms with Crippen LogP contribution in [0, 0.1) is 13.8 Å². The number of benzene rings is 3. The summed E-state index contributed by atoms with van der Waals surface area (Å²) in [6, 6.07) is 6.92. The van der Waals surface area contributed by atoms with Crippen molar-refractivity contribution in [3.63, 3.8) is 0 Å². The number of aryl methyl sites for hydroxylation is 2. The molecule has 0 aliphatic carbocycles. The Morgan fingerprint density at radius 3 is 1.24 bits per heavy atom. The highest BCUT2D eigenvalue weighted by Gasteiger charge is 2.30. The predicted octanol–water partition coefficient (Wildman–Crippen LogP) is 7.82. The Morgan fingerprint density at radius 1 is 0.571 bits per heavy atom. The molecule has 0 saturated carbocycles. The summed E-state index contributed by atoms with van der Waals surface area (Å²) in [6.07, 6.45) is 2.98. The Hall–Kier alpha value is -5.12. The van der Waals surface area contributed by atoms with Crippen LogP contribution in [0.5, 0.6) is 46.0 Å². The van der Waals surface area contributed by atoms with Gasteiger partial charge >= 0.3 is 0 Å². The highest BCUT2D eigenvalue weighted by Crippen LogP contribution is 2.51. The first kappa shape index (κ1) is 28.4. The fourth-order valence-electron chi connectivity index (χ4n) is 5.07. The molecule has 0 saturated heterocycles. The van der Waals surface area contributed by atoms with Crippen molar-refractivity contribution in [1.82, 2.24) is 0 Å². The molecule has 2 heterocycles. The third-order valence-corrected chi connectivity index (χ3v) is 6.97. The van der Waals surface area contributed by atoms with E-state index in [0.29, 0.717) is 56.1 Å². The normalized spacial score (nSPS) is 11.0. The van der Waals surface area contributed by atoms with E-state index in [1.54, 1.807) is 24.3 Å². The van der Waals surface area contributed by atoms with Crippen molar-refractivity contribution >= 4 is 33.5 Å². The minimum atomic E-state index is -0.274. The maximum absolute atomic E-state index is 12.8. The second-order valence-electron chi connectivity index (χ2n) is 9.57. The first-order valence-electron chi connectivity index (χ1n) is 13.0. The van der Waals surface area contributed by atoms with Gasteiger partial charge in [0.1, 0.15) is 34.1 Å². The van der Waals surface area contributed by atoms with Crippen LogP contribution in [-0.2, 0) is 0 Å². The van der Waals surface area contributed by atoms with E-state index >= 15 is 0 Å². The average molecular weight is 575 g/mol. The molecule has 10 heteroatoms. The van der Waals surface area contributed by atoms with Gasteiger partial charge in [-0.25, -0.2) is 0 Å². The SMILES string of the molecule is COc1c(C(C)=O)c(Oc2cc(C)c(Oc3c(C(C)=O)c(OC)c4ccoc4c3OC)cc2C)c(OC)c2occc12. The van der Waals surface area contributed by atoms with Crippen molar-refractivity contribution in [3.8, 4) is 46.0 Å². The predicted molar refractivity (Wildman–Crippen MR) is 155 cm³/mol. The van der Waals surface area contributed by atoms with Crippen LogP contribution in [-0.4, -0.2) is 40.0 Å². The summed E-state index contributed by atoms with van der Waals surface area (Å²) in [5.41, 5.74) is 2.54. The molecular weight excluding hydrogens is 544 g/mol. The number of Topliss-reactive ketones (excluding diaryl/α,β-unsaturated/α-hetero) is 2. The van der Waals surface area contributed by atoms with Gasteiger partial charge in [0.2, 0.25) is 11.5 Å². The quantitative estimate of drug-likeness (QED) is 0.153. The van der Waals surface area contributed by atoms with E-state index in [2.05, 4.69) is 0 Å². The van der Waals surface area contributed by atoms with Crippen LogP contribution >= 0.6 is 0 Å². The molecule has 5 aromatic rings. The average Bonchev–Trinajstić information content (AvgIpc) is 3.64. The van der Waals surface area contributed by atoms with E-state index in [1.807, 2.05) is 13.8 Å². The van der Waals surface area contributed by atoms with Crippen molar-refractivity contribution in [2.75, 3.05) is 28.4 Å². The minimum absolute atomic E-state index is 0.161. The molecule has 0 aliphatic heterocycles. The van der Waals surface area contributed by atoms with E-state index in [9.17, 15) is 9.59 Å². The molecule has 3 aromatic carbocycles. The van der Waals surface area contributed by atoms with Crippen molar-refractivity contribution in [3.05, 3.63) is 59.0 Å². The van der Waals surface area contributed by atoms with E-state index in [1.165, 1.54) is 54.8 Å². The van der Waals surface area contributed by atoms with E-state index in [-0.39, 0.29) is 45.7 Å². The molecule has 5 rings (SSSR count). The maximum atomic E-state index is 12.8. The molecule has 2 aromatic heterocycles. The second-order valence-corrected chi connectivity index (χ2v) is 9.57. The van der Waals surface area contributed by atoms with E-state index in [0.717, 1.165) is 0 Å². The lowest BCUT2D eigenvalue weighted by molar-refractivity contribution is 0.0998. The van der Waals surface area contributed by atoms with E-state index in [4.69, 9.17) is 37.3 Å². The number of carbonyl (C=O) groups is 2. The van der Waals surface area contributed by atoms with Crippen molar-refractivity contribution in [1.29, 1.82) is 0 Å². The number of fused-ring (bicyclic) bond motifs is 2. The first-order valence-corrected chi connectivity index (χ1v) is 13.0. The summed E-state index contributed by atoms with van der Waals surface area (Å²) in [4.78, 5) is 25.7. The first-order chi connectivity index (χ1) is 20.2. The molecular formula is C32H30O10. The topological polar surface area (TPSA) is 116 Å². The number of ketones is 2. The van der Waals surface area contributed by atoms with Crippen LogP contribution in [0.2, 0.25) is 0 Å². The van der Waals surface area contributed by atoms with Crippen LogP contribution in [0.15, 0.2) is 45.6 Å². The number of hydrogen-bond donors (Lipinski definition) is 0. The Bertz CT molecular complexity index is 1720. The number of rotatable bonds is 10. The van der Waals surface area contributed by atoms with Gasteiger partial charge in [-0.2, -0.15) is 0 Å². The minimum Gasteiger partial charge on any atom is -0.495 e. The lowest BCUT2D eigenvalue weighted by Gasteiger charge is -2.20. The molecule has 0 spiro atoms. The largest absolute Gasteiger partial charge is 0.495 e. The molecule has 0 atom stereocenters. The molecule has 0 amide bonds. The van der Waals surface area contributed by atoms with Crippen molar-refractivity contribution in [2.45, 2.75) is 27.7 Å². The van der Waals surface area contributed by atoms with Gasteiger partial charge in [-0.05, 0) is 63.1 Å². The monoisotopic (exact) mass is 574 g/mol. The van der Waals surface area contributed by atoms with Gasteiger partial charge < -0.3 is 37.3 Å². The number of ether oxygens (including phenoxy) is 6. The van der Waals surface area contributed by atoms with Crippen molar-refractivity contribution in [2.24, 2.45) is 0 Å². The van der Waals surface area contributed by atoms with Gasteiger partial charge in [-0.3, -0.25) is 9.59 Å². The molecule has 0 unspecified atom stereocenters. The number of furan rings is 2. The molecule has 10 nitrogen and oxygen atoms in total. The summed E-state index contributed by atoms with van der Waals surface area (Å²) >= 11 is 0. The third-order valence-electron chi connectivity index (χ3n) is 6.97. The van der Waals surface area contributed by atoms with Gasteiger partial charge in [0.15, 0.2) is 34.2 Å². The second kappa shape index (κ2) is 11.0. The van der Waals surface area contributed by atoms with E-state index < -0.39 is 0 Å². The Labute approximate surface area is 241 Å². The molecule has 0 aliphatic rings. The lowest BCUT2D eigenvalue weighted by Crippen LogP contribution is -2.06. The van der Waals surface area contributed by atoms with Crippen LogP contribution in [0.1, 0.15) is 45.7 Å². The van der Waals surface area contributed by atoms with Gasteiger partial charge in [-0.1, -0.05) is 0 Å². The number of hydrogen-bond acceptors (Lipinski definition) is 10. The summed E-state index contributed by atoms with van der Waals surface area (Å²) < 4.78 is 46.5. The van der Waals surface area contributed by atoms with Crippen LogP contribution < -0.4 is 28.4 Å². The Kier molecular flexibility index (Phi) is 7.47. The van der Waals surface area contributed by atoms with Crippen LogP contribution in [0.25, 0.3) is 21.9 Å². The molecule has 42 heavy (non-hydrogen) atoms. The highest BCUT2D eigenvalue weighted by molar-refractivity contribution is 6.09. The lowest BCUT2D eigenvalue weighted by atomic mass is 10.0. The number of methoxy groups -OCH3 is 4. The zero-order valence-electron chi connectivity index (χ0n) is 24.5. The van der Waals surface area contributed by atoms with Crippen LogP contribution in [0.3, 0.4) is 0 Å². The molecule has 0 fully saturated rings. The van der Waals surface area contributed by atoms with Crippen LogP contribution in [0.4, 0.5) is 0 Å². The summed E-state index contributed by atoms with van der Waals surface area (Å²) in [7, 11) is 5.90. The fourth-order valence-corrected chi connectivity index (χ4v) is 5.07. The molecule has 218 valence electrons. The number of carbonyl (C=O) groups excluding carboxylic acids is 2. The van der Waals surface area contributed by atoms with Gasteiger partial charge in [-0.15, -0.1) is 0 Å². The van der Waals surface area contributed by atoms with Gasteiger partial charge in [0, 0.05) is 0 Å². The zero-order chi connectivity index (χ0) is 30.3. The Balaban J connectivity index is 1.64. The van der Waals surface area contributed by atoms with Gasteiger partial charge in [0.05, 0.1) is 51.7 Å². The third kappa shape index (κ3) is 4.45. The summed E-state index contributed by atoms with van der Waals surface area (Å²) in [6.45, 7) is 6.50. The Morgan fingerprint density at radius 2 is 0.929 bits per heavy atom. The fraction of sp³-hybridized carbons (Fsp3) is 0.250. The maximum Gasteiger partial charge on any atom is 0.206 e. The molecule has 0 bridgehead atoms. The molecule has 0 N–H and O–H groups in total.